The number of hydrogen-bond donors (Lipinski definition) is 2. The van der Waals surface area contributed by atoms with Crippen molar-refractivity contribution in [2.45, 2.75) is 32.0 Å². The number of aliphatic carboxylic acids is 1. The van der Waals surface area contributed by atoms with Crippen molar-refractivity contribution in [2.75, 3.05) is 0 Å². The van der Waals surface area contributed by atoms with Crippen LogP contribution in [0.5, 0.6) is 0 Å². The summed E-state index contributed by atoms with van der Waals surface area (Å²) in [5, 5.41) is 9.01. The highest BCUT2D eigenvalue weighted by atomic mass is 32.2. The molecule has 2 N–H and O–H groups in total. The van der Waals surface area contributed by atoms with E-state index in [0.29, 0.717) is 0 Å². The third kappa shape index (κ3) is 3.08. The Morgan fingerprint density at radius 1 is 1.29 bits per heavy atom. The van der Waals surface area contributed by atoms with Gasteiger partial charge in [-0.25, -0.2) is 4.79 Å². The smallest absolute Gasteiger partial charge is 0.335 e. The van der Waals surface area contributed by atoms with E-state index in [4.69, 9.17) is 9.94 Å². The maximum atomic E-state index is 12.2. The minimum Gasteiger partial charge on any atom is -0.479 e. The van der Waals surface area contributed by atoms with Gasteiger partial charge in [-0.05, 0) is 29.9 Å². The Morgan fingerprint density at radius 2 is 1.86 bits per heavy atom. The van der Waals surface area contributed by atoms with Crippen LogP contribution in [0.4, 0.5) is 0 Å². The lowest BCUT2D eigenvalue weighted by atomic mass is 10.1. The van der Waals surface area contributed by atoms with Crippen molar-refractivity contribution in [1.82, 2.24) is 9.19 Å². The molecule has 0 spiro atoms. The first kappa shape index (κ1) is 14.5. The van der Waals surface area contributed by atoms with Gasteiger partial charge in [-0.1, -0.05) is 29.2 Å². The quantitative estimate of drug-likeness (QED) is 0.751. The zero-order chi connectivity index (χ0) is 15.0. The molecule has 0 saturated heterocycles. The molecule has 7 nitrogen and oxygen atoms in total. The van der Waals surface area contributed by atoms with Crippen LogP contribution < -0.4 is 4.89 Å². The molecule has 1 fully saturated rings. The predicted octanol–water partition coefficient (Wildman–Crippen LogP) is 0.631. The molecule has 1 unspecified atom stereocenters. The molecule has 2 aliphatic rings. The van der Waals surface area contributed by atoms with Crippen LogP contribution in [-0.4, -0.2) is 29.9 Å². The molecule has 1 aromatic carbocycles. The minimum atomic E-state index is -3.86. The summed E-state index contributed by atoms with van der Waals surface area (Å²) in [7, 11) is -3.86. The molecule has 1 heterocycles. The summed E-state index contributed by atoms with van der Waals surface area (Å²) in [5.74, 6) is -1.26. The zero-order valence-electron chi connectivity index (χ0n) is 11.2. The molecule has 1 aliphatic carbocycles. The molecule has 0 amide bonds. The van der Waals surface area contributed by atoms with Gasteiger partial charge in [0.1, 0.15) is 0 Å². The van der Waals surface area contributed by atoms with Crippen molar-refractivity contribution >= 4 is 16.2 Å². The lowest BCUT2D eigenvalue weighted by molar-refractivity contribution is -0.154. The number of carbonyl (C=O) groups is 1. The van der Waals surface area contributed by atoms with Crippen molar-refractivity contribution in [2.24, 2.45) is 5.92 Å². The van der Waals surface area contributed by atoms with Gasteiger partial charge in [-0.15, -0.1) is 0 Å². The molecule has 0 radical (unpaired) electrons. The lowest BCUT2D eigenvalue weighted by Gasteiger charge is -2.18. The Hall–Kier alpha value is -1.48. The van der Waals surface area contributed by atoms with E-state index in [1.807, 2.05) is 29.2 Å². The number of nitrogens with zero attached hydrogens (tertiary/aromatic N) is 1. The molecule has 114 valence electrons. The third-order valence-electron chi connectivity index (χ3n) is 3.73. The summed E-state index contributed by atoms with van der Waals surface area (Å²) < 4.78 is 25.6. The normalized spacial score (nSPS) is 20.2. The number of carboxylic acid groups (broad SMARTS) is 1. The molecule has 21 heavy (non-hydrogen) atoms. The van der Waals surface area contributed by atoms with Crippen LogP contribution in [0, 0.1) is 5.92 Å². The average Bonchev–Trinajstić information content (AvgIpc) is 3.15. The number of nitrogens with one attached hydrogen (secondary N) is 1. The Balaban J connectivity index is 1.64. The molecule has 1 saturated carbocycles. The van der Waals surface area contributed by atoms with E-state index >= 15 is 0 Å². The molecule has 1 aromatic rings. The Kier molecular flexibility index (Phi) is 3.70. The first-order valence-corrected chi connectivity index (χ1v) is 8.13. The number of hydrogen-bond acceptors (Lipinski definition) is 4. The molecule has 0 aromatic heterocycles. The van der Waals surface area contributed by atoms with Gasteiger partial charge in [0.2, 0.25) is 0 Å². The first-order chi connectivity index (χ1) is 9.97. The van der Waals surface area contributed by atoms with Gasteiger partial charge in [0.15, 0.2) is 6.10 Å². The second kappa shape index (κ2) is 5.38. The van der Waals surface area contributed by atoms with Crippen molar-refractivity contribution in [3.63, 3.8) is 0 Å². The molecule has 8 heteroatoms. The van der Waals surface area contributed by atoms with Crippen molar-refractivity contribution < 1.29 is 23.2 Å². The summed E-state index contributed by atoms with van der Waals surface area (Å²) in [4.78, 5) is 17.9. The van der Waals surface area contributed by atoms with E-state index in [9.17, 15) is 13.2 Å². The van der Waals surface area contributed by atoms with Gasteiger partial charge < -0.3 is 5.11 Å². The van der Waals surface area contributed by atoms with Gasteiger partial charge >= 0.3 is 16.2 Å². The highest BCUT2D eigenvalue weighted by molar-refractivity contribution is 7.86. The monoisotopic (exact) mass is 312 g/mol. The minimum absolute atomic E-state index is 0.110. The predicted molar refractivity (Wildman–Crippen MR) is 73.0 cm³/mol. The number of rotatable bonds is 6. The zero-order valence-corrected chi connectivity index (χ0v) is 12.0. The van der Waals surface area contributed by atoms with E-state index in [-0.39, 0.29) is 19.0 Å². The molecular formula is C13H16N2O5S. The molecule has 3 rings (SSSR count). The van der Waals surface area contributed by atoms with Crippen molar-refractivity contribution in [3.8, 4) is 0 Å². The maximum absolute atomic E-state index is 12.2. The van der Waals surface area contributed by atoms with Crippen LogP contribution in [0.3, 0.4) is 0 Å². The van der Waals surface area contributed by atoms with Crippen molar-refractivity contribution in [1.29, 1.82) is 0 Å². The van der Waals surface area contributed by atoms with Crippen LogP contribution in [-0.2, 0) is 32.9 Å². The van der Waals surface area contributed by atoms with Crippen LogP contribution >= 0.6 is 0 Å². The summed E-state index contributed by atoms with van der Waals surface area (Å²) >= 11 is 0. The van der Waals surface area contributed by atoms with Crippen LogP contribution in [0.1, 0.15) is 24.0 Å². The summed E-state index contributed by atoms with van der Waals surface area (Å²) in [6.45, 7) is 0.520. The van der Waals surface area contributed by atoms with E-state index in [1.165, 1.54) is 4.31 Å². The summed E-state index contributed by atoms with van der Waals surface area (Å²) in [6.07, 6.45) is 0.367. The highest BCUT2D eigenvalue weighted by Crippen LogP contribution is 2.34. The Morgan fingerprint density at radius 3 is 2.33 bits per heavy atom. The van der Waals surface area contributed by atoms with Crippen LogP contribution in [0.15, 0.2) is 24.3 Å². The number of fused-ring (bicyclic) bond motifs is 1. The Labute approximate surface area is 122 Å². The van der Waals surface area contributed by atoms with E-state index < -0.39 is 22.3 Å². The largest absolute Gasteiger partial charge is 0.479 e. The van der Waals surface area contributed by atoms with E-state index in [1.54, 1.807) is 0 Å². The second-order valence-electron chi connectivity index (χ2n) is 5.34. The fraction of sp³-hybridized carbons (Fsp3) is 0.462. The van der Waals surface area contributed by atoms with E-state index in [2.05, 4.69) is 0 Å². The van der Waals surface area contributed by atoms with E-state index in [0.717, 1.165) is 24.0 Å². The first-order valence-electron chi connectivity index (χ1n) is 6.69. The fourth-order valence-corrected chi connectivity index (χ4v) is 3.33. The molecule has 1 aliphatic heterocycles. The molecular weight excluding hydrogens is 296 g/mol. The highest BCUT2D eigenvalue weighted by Gasteiger charge is 2.39. The lowest BCUT2D eigenvalue weighted by Crippen LogP contribution is -2.42. The maximum Gasteiger partial charge on any atom is 0.335 e. The van der Waals surface area contributed by atoms with Gasteiger partial charge in [0.05, 0.1) is 0 Å². The number of carboxylic acids is 1. The van der Waals surface area contributed by atoms with Crippen molar-refractivity contribution in [3.05, 3.63) is 35.4 Å². The SMILES string of the molecule is O=C(O)C(ONS(=O)(=O)N1Cc2ccccc2C1)C1CC1. The van der Waals surface area contributed by atoms with Gasteiger partial charge in [0, 0.05) is 13.1 Å². The van der Waals surface area contributed by atoms with Gasteiger partial charge in [0.25, 0.3) is 0 Å². The summed E-state index contributed by atoms with van der Waals surface area (Å²) in [6, 6.07) is 7.45. The fourth-order valence-electron chi connectivity index (χ4n) is 2.38. The average molecular weight is 312 g/mol. The van der Waals surface area contributed by atoms with Gasteiger partial charge in [-0.2, -0.15) is 12.7 Å². The molecule has 0 bridgehead atoms. The Bertz CT molecular complexity index is 631. The van der Waals surface area contributed by atoms with Gasteiger partial charge in [-0.3, -0.25) is 4.84 Å². The summed E-state index contributed by atoms with van der Waals surface area (Å²) in [5.41, 5.74) is 1.89. The second-order valence-corrected chi connectivity index (χ2v) is 6.97. The standard InChI is InChI=1S/C13H16N2O5S/c16-13(17)12(9-5-6-9)20-14-21(18,19)15-7-10-3-1-2-4-11(10)8-15/h1-4,9,12,14H,5-8H2,(H,16,17). The molecule has 1 atom stereocenters. The topological polar surface area (TPSA) is 95.9 Å². The van der Waals surface area contributed by atoms with Crippen LogP contribution in [0.2, 0.25) is 0 Å². The third-order valence-corrected chi connectivity index (χ3v) is 4.97. The number of benzene rings is 1. The van der Waals surface area contributed by atoms with Crippen LogP contribution in [0.25, 0.3) is 0 Å².